The maximum Gasteiger partial charge on any atom is 0.134 e. The lowest BCUT2D eigenvalue weighted by molar-refractivity contribution is 0.0308. The van der Waals surface area contributed by atoms with E-state index in [4.69, 9.17) is 0 Å². The van der Waals surface area contributed by atoms with E-state index in [1.807, 2.05) is 0 Å². The van der Waals surface area contributed by atoms with Crippen molar-refractivity contribution in [3.63, 3.8) is 0 Å². The average Bonchev–Trinajstić information content (AvgIpc) is 2.07. The van der Waals surface area contributed by atoms with Crippen LogP contribution in [0.1, 0.15) is 33.6 Å². The molecule has 0 aromatic heterocycles. The first-order valence-electron chi connectivity index (χ1n) is 4.56. The van der Waals surface area contributed by atoms with E-state index in [0.29, 0.717) is 6.42 Å². The highest BCUT2D eigenvalue weighted by molar-refractivity contribution is 4.89. The van der Waals surface area contributed by atoms with Crippen LogP contribution < -0.4 is 0 Å². The molecule has 0 bridgehead atoms. The number of allylic oxidation sites excluding steroid dienone is 1. The van der Waals surface area contributed by atoms with E-state index in [-0.39, 0.29) is 24.7 Å². The largest absolute Gasteiger partial charge is 0.412 e. The average molecular weight is 208 g/mol. The summed E-state index contributed by atoms with van der Waals surface area (Å²) in [6, 6.07) is 0. The third-order valence-electron chi connectivity index (χ3n) is 2.76. The maximum absolute atomic E-state index is 13.3. The molecule has 0 aliphatic heterocycles. The van der Waals surface area contributed by atoms with Crippen LogP contribution >= 0.6 is 0 Å². The Balaban J connectivity index is 0. The van der Waals surface area contributed by atoms with Crippen molar-refractivity contribution in [3.05, 3.63) is 12.7 Å². The van der Waals surface area contributed by atoms with Crippen molar-refractivity contribution in [1.29, 1.82) is 0 Å². The Morgan fingerprint density at radius 1 is 1.29 bits per heavy atom. The first-order chi connectivity index (χ1) is 5.66. The molecule has 0 spiro atoms. The van der Waals surface area contributed by atoms with E-state index in [1.54, 1.807) is 13.0 Å². The minimum atomic E-state index is -1.27. The lowest BCUT2D eigenvalue weighted by Crippen LogP contribution is -2.36. The molecule has 0 amide bonds. The van der Waals surface area contributed by atoms with E-state index in [9.17, 15) is 8.78 Å². The molecule has 0 aromatic rings. The Morgan fingerprint density at radius 3 is 2.36 bits per heavy atom. The van der Waals surface area contributed by atoms with Crippen molar-refractivity contribution < 1.29 is 14.3 Å². The van der Waals surface area contributed by atoms with Crippen LogP contribution in [0.25, 0.3) is 0 Å². The summed E-state index contributed by atoms with van der Waals surface area (Å²) >= 11 is 0. The minimum Gasteiger partial charge on any atom is -0.412 e. The zero-order valence-corrected chi connectivity index (χ0v) is 7.97. The molecule has 3 heteroatoms. The summed E-state index contributed by atoms with van der Waals surface area (Å²) in [5.74, 6) is -0.241. The molecule has 1 aliphatic rings. The normalized spacial score (nSPS) is 36.5. The minimum absolute atomic E-state index is 0. The molecule has 86 valence electrons. The van der Waals surface area contributed by atoms with Gasteiger partial charge >= 0.3 is 0 Å². The van der Waals surface area contributed by atoms with Crippen LogP contribution in [-0.4, -0.2) is 17.8 Å². The molecule has 1 rings (SSSR count). The van der Waals surface area contributed by atoms with Crippen LogP contribution in [0.2, 0.25) is 0 Å². The molecule has 0 saturated heterocycles. The predicted octanol–water partition coefficient (Wildman–Crippen LogP) is 3.10. The molecule has 1 aliphatic carbocycles. The van der Waals surface area contributed by atoms with Gasteiger partial charge in [-0.25, -0.2) is 8.78 Å². The molecule has 1 saturated carbocycles. The monoisotopic (exact) mass is 208 g/mol. The van der Waals surface area contributed by atoms with Gasteiger partial charge in [0.2, 0.25) is 0 Å². The van der Waals surface area contributed by atoms with Crippen molar-refractivity contribution in [3.8, 4) is 0 Å². The van der Waals surface area contributed by atoms with Crippen LogP contribution in [0.5, 0.6) is 0 Å². The number of hydrogen-bond donors (Lipinski definition) is 0. The van der Waals surface area contributed by atoms with Crippen molar-refractivity contribution in [2.75, 3.05) is 0 Å². The molecular formula is C11H22F2O. The zero-order valence-electron chi connectivity index (χ0n) is 7.97. The Bertz CT molecular complexity index is 161. The highest BCUT2D eigenvalue weighted by atomic mass is 19.2. The fourth-order valence-corrected chi connectivity index (χ4v) is 1.83. The second-order valence-corrected chi connectivity index (χ2v) is 3.73. The molecule has 14 heavy (non-hydrogen) atoms. The molecule has 0 radical (unpaired) electrons. The Labute approximate surface area is 85.5 Å². The molecule has 2 N–H and O–H groups in total. The lowest BCUT2D eigenvalue weighted by Gasteiger charge is -2.32. The summed E-state index contributed by atoms with van der Waals surface area (Å²) in [4.78, 5) is 0. The maximum atomic E-state index is 13.3. The predicted molar refractivity (Wildman–Crippen MR) is 56.8 cm³/mol. The molecule has 0 aromatic carbocycles. The second kappa shape index (κ2) is 6.93. The first kappa shape index (κ1) is 16.0. The molecule has 4 atom stereocenters. The SMILES string of the molecule is C.C=CCC1CCC(C)C(F)C1F.O. The topological polar surface area (TPSA) is 31.5 Å². The third-order valence-corrected chi connectivity index (χ3v) is 2.76. The molecular weight excluding hydrogens is 186 g/mol. The fourth-order valence-electron chi connectivity index (χ4n) is 1.83. The summed E-state index contributed by atoms with van der Waals surface area (Å²) in [5, 5.41) is 0. The fraction of sp³-hybridized carbons (Fsp3) is 0.818. The van der Waals surface area contributed by atoms with E-state index in [1.165, 1.54) is 0 Å². The third kappa shape index (κ3) is 3.37. The number of alkyl halides is 2. The van der Waals surface area contributed by atoms with Crippen LogP contribution in [0, 0.1) is 11.8 Å². The highest BCUT2D eigenvalue weighted by Gasteiger charge is 2.37. The van der Waals surface area contributed by atoms with Crippen LogP contribution in [0.3, 0.4) is 0 Å². The van der Waals surface area contributed by atoms with Crippen LogP contribution in [-0.2, 0) is 0 Å². The zero-order chi connectivity index (χ0) is 9.14. The first-order valence-corrected chi connectivity index (χ1v) is 4.56. The van der Waals surface area contributed by atoms with Crippen molar-refractivity contribution in [2.24, 2.45) is 11.8 Å². The van der Waals surface area contributed by atoms with Gasteiger partial charge in [-0.15, -0.1) is 6.58 Å². The summed E-state index contributed by atoms with van der Waals surface area (Å²) in [7, 11) is 0. The van der Waals surface area contributed by atoms with Crippen molar-refractivity contribution in [2.45, 2.75) is 46.0 Å². The van der Waals surface area contributed by atoms with Gasteiger partial charge in [0.05, 0.1) is 0 Å². The number of hydrogen-bond acceptors (Lipinski definition) is 0. The van der Waals surface area contributed by atoms with Crippen molar-refractivity contribution in [1.82, 2.24) is 0 Å². The number of rotatable bonds is 2. The van der Waals surface area contributed by atoms with Gasteiger partial charge < -0.3 is 5.48 Å². The Kier molecular flexibility index (Phi) is 7.93. The van der Waals surface area contributed by atoms with Crippen LogP contribution in [0.4, 0.5) is 8.78 Å². The summed E-state index contributed by atoms with van der Waals surface area (Å²) in [6.45, 7) is 5.32. The summed E-state index contributed by atoms with van der Waals surface area (Å²) < 4.78 is 26.4. The molecule has 1 nitrogen and oxygen atoms in total. The van der Waals surface area contributed by atoms with Gasteiger partial charge in [0.1, 0.15) is 12.3 Å². The summed E-state index contributed by atoms with van der Waals surface area (Å²) in [5.41, 5.74) is 0. The van der Waals surface area contributed by atoms with Crippen LogP contribution in [0.15, 0.2) is 12.7 Å². The van der Waals surface area contributed by atoms with Gasteiger partial charge in [-0.2, -0.15) is 0 Å². The van der Waals surface area contributed by atoms with E-state index >= 15 is 0 Å². The molecule has 4 unspecified atom stereocenters. The van der Waals surface area contributed by atoms with Gasteiger partial charge in [0, 0.05) is 0 Å². The summed E-state index contributed by atoms with van der Waals surface area (Å²) in [6.07, 6.45) is 1.36. The molecule has 1 fully saturated rings. The molecule has 0 heterocycles. The number of halogens is 2. The van der Waals surface area contributed by atoms with Gasteiger partial charge in [-0.1, -0.05) is 20.4 Å². The second-order valence-electron chi connectivity index (χ2n) is 3.73. The van der Waals surface area contributed by atoms with Gasteiger partial charge in [-0.3, -0.25) is 0 Å². The van der Waals surface area contributed by atoms with Gasteiger partial charge in [0.25, 0.3) is 0 Å². The Morgan fingerprint density at radius 2 is 1.86 bits per heavy atom. The lowest BCUT2D eigenvalue weighted by atomic mass is 9.79. The van der Waals surface area contributed by atoms with E-state index in [0.717, 1.165) is 12.8 Å². The smallest absolute Gasteiger partial charge is 0.134 e. The van der Waals surface area contributed by atoms with Gasteiger partial charge in [-0.05, 0) is 31.1 Å². The van der Waals surface area contributed by atoms with E-state index in [2.05, 4.69) is 6.58 Å². The quantitative estimate of drug-likeness (QED) is 0.624. The van der Waals surface area contributed by atoms with E-state index < -0.39 is 12.3 Å². The Hall–Kier alpha value is -0.440. The highest BCUT2D eigenvalue weighted by Crippen LogP contribution is 2.35. The van der Waals surface area contributed by atoms with Gasteiger partial charge in [0.15, 0.2) is 0 Å². The standard InChI is InChI=1S/C10H16F2.CH4.H2O/c1-3-4-8-6-5-7(2)9(11)10(8)12;;/h3,7-10H,1,4-6H2,2H3;1H4;1H2. The van der Waals surface area contributed by atoms with Crippen molar-refractivity contribution >= 4 is 0 Å².